The predicted molar refractivity (Wildman–Crippen MR) is 109 cm³/mol. The second-order valence-corrected chi connectivity index (χ2v) is 8.67. The van der Waals surface area contributed by atoms with Crippen molar-refractivity contribution >= 4 is 11.9 Å². The fraction of sp³-hybridized carbons (Fsp3) is 0.636. The number of carboxylic acid groups (broad SMARTS) is 2. The van der Waals surface area contributed by atoms with E-state index in [9.17, 15) is 23.1 Å². The van der Waals surface area contributed by atoms with Crippen molar-refractivity contribution in [2.75, 3.05) is 13.1 Å². The number of aliphatic carboxylic acids is 2. The molecule has 3 N–H and O–H groups in total. The molecule has 1 aromatic rings. The molecule has 1 saturated carbocycles. The van der Waals surface area contributed by atoms with Crippen molar-refractivity contribution in [1.29, 1.82) is 0 Å². The Hall–Kier alpha value is -2.33. The Morgan fingerprint density at radius 1 is 1.16 bits per heavy atom. The predicted octanol–water partition coefficient (Wildman–Crippen LogP) is 3.54. The van der Waals surface area contributed by atoms with E-state index in [0.717, 1.165) is 38.2 Å². The molecule has 0 atom stereocenters. The minimum Gasteiger partial charge on any atom is -0.491 e. The second kappa shape index (κ2) is 10.5. The molecule has 0 amide bonds. The van der Waals surface area contributed by atoms with Crippen molar-refractivity contribution in [3.8, 4) is 5.75 Å². The molecule has 2 aliphatic rings. The summed E-state index contributed by atoms with van der Waals surface area (Å²) in [5.74, 6) is -2.72. The van der Waals surface area contributed by atoms with E-state index >= 15 is 0 Å². The number of aliphatic hydroxyl groups is 1. The molecule has 1 heterocycles. The Morgan fingerprint density at radius 2 is 1.69 bits per heavy atom. The molecule has 1 saturated heterocycles. The van der Waals surface area contributed by atoms with Crippen LogP contribution in [-0.4, -0.2) is 63.1 Å². The summed E-state index contributed by atoms with van der Waals surface area (Å²) in [7, 11) is 0. The molecule has 10 heteroatoms. The maximum atomic E-state index is 11.0. The van der Waals surface area contributed by atoms with Crippen molar-refractivity contribution < 1.29 is 42.8 Å². The van der Waals surface area contributed by atoms with Gasteiger partial charge in [0.2, 0.25) is 0 Å². The van der Waals surface area contributed by atoms with Crippen molar-refractivity contribution in [1.82, 2.24) is 4.90 Å². The van der Waals surface area contributed by atoms with Crippen molar-refractivity contribution in [3.05, 3.63) is 29.8 Å². The van der Waals surface area contributed by atoms with E-state index in [1.807, 2.05) is 32.0 Å². The summed E-state index contributed by atoms with van der Waals surface area (Å²) in [6.45, 7) is 6.78. The highest BCUT2D eigenvalue weighted by Gasteiger charge is 2.51. The van der Waals surface area contributed by atoms with Gasteiger partial charge in [0.25, 0.3) is 0 Å². The smallest absolute Gasteiger partial charge is 0.490 e. The van der Waals surface area contributed by atoms with Crippen LogP contribution in [0.4, 0.5) is 13.2 Å². The summed E-state index contributed by atoms with van der Waals surface area (Å²) in [4.78, 5) is 22.3. The average Bonchev–Trinajstić information content (AvgIpc) is 2.67. The minimum atomic E-state index is -5.08. The number of hydrogen-bond acceptors (Lipinski definition) is 5. The second-order valence-electron chi connectivity index (χ2n) is 8.67. The summed E-state index contributed by atoms with van der Waals surface area (Å²) in [6, 6.07) is 8.17. The van der Waals surface area contributed by atoms with Crippen LogP contribution in [0.1, 0.15) is 45.1 Å². The zero-order chi connectivity index (χ0) is 24.1. The van der Waals surface area contributed by atoms with Gasteiger partial charge in [0.15, 0.2) is 0 Å². The van der Waals surface area contributed by atoms with Crippen molar-refractivity contribution in [3.63, 3.8) is 0 Å². The highest BCUT2D eigenvalue weighted by atomic mass is 19.4. The third-order valence-corrected chi connectivity index (χ3v) is 5.87. The van der Waals surface area contributed by atoms with E-state index < -0.39 is 23.7 Å². The first-order valence-electron chi connectivity index (χ1n) is 10.5. The van der Waals surface area contributed by atoms with E-state index in [4.69, 9.17) is 19.7 Å². The van der Waals surface area contributed by atoms with Gasteiger partial charge in [-0.15, -0.1) is 0 Å². The van der Waals surface area contributed by atoms with E-state index in [1.54, 1.807) is 0 Å². The van der Waals surface area contributed by atoms with Gasteiger partial charge in [-0.05, 0) is 64.6 Å². The first-order valence-corrected chi connectivity index (χ1v) is 10.5. The number of para-hydroxylation sites is 1. The van der Waals surface area contributed by atoms with Crippen LogP contribution < -0.4 is 4.74 Å². The number of benzene rings is 1. The first kappa shape index (κ1) is 25.9. The van der Waals surface area contributed by atoms with Gasteiger partial charge in [-0.2, -0.15) is 13.2 Å². The molecule has 0 spiro atoms. The summed E-state index contributed by atoms with van der Waals surface area (Å²) in [5.41, 5.74) is 0.441. The van der Waals surface area contributed by atoms with Crippen LogP contribution in [0, 0.1) is 11.8 Å². The lowest BCUT2D eigenvalue weighted by molar-refractivity contribution is -0.192. The fourth-order valence-electron chi connectivity index (χ4n) is 4.17. The van der Waals surface area contributed by atoms with E-state index in [2.05, 4.69) is 11.0 Å². The van der Waals surface area contributed by atoms with Crippen LogP contribution in [0.25, 0.3) is 0 Å². The monoisotopic (exact) mass is 461 g/mol. The topological polar surface area (TPSA) is 107 Å². The largest absolute Gasteiger partial charge is 0.491 e. The molecule has 1 aromatic carbocycles. The lowest BCUT2D eigenvalue weighted by Crippen LogP contribution is -2.54. The van der Waals surface area contributed by atoms with Crippen LogP contribution in [0.3, 0.4) is 0 Å². The number of piperidine rings is 1. The van der Waals surface area contributed by atoms with Gasteiger partial charge in [-0.3, -0.25) is 9.69 Å². The number of ether oxygens (including phenoxy) is 1. The van der Waals surface area contributed by atoms with Gasteiger partial charge >= 0.3 is 18.1 Å². The Bertz CT molecular complexity index is 784. The van der Waals surface area contributed by atoms with Crippen molar-refractivity contribution in [2.45, 2.75) is 64.0 Å². The SMILES string of the molecule is CC(C)Oc1ccccc1CN1CCC(C2(O)CC(C(=O)O)C2)CC1.O=C(O)C(F)(F)F. The molecule has 0 radical (unpaired) electrons. The fourth-order valence-corrected chi connectivity index (χ4v) is 4.17. The summed E-state index contributed by atoms with van der Waals surface area (Å²) >= 11 is 0. The molecular formula is C22H30F3NO6. The van der Waals surface area contributed by atoms with E-state index in [1.165, 1.54) is 5.56 Å². The molecule has 3 rings (SSSR count). The maximum absolute atomic E-state index is 11.0. The maximum Gasteiger partial charge on any atom is 0.490 e. The Balaban J connectivity index is 0.000000451. The molecule has 7 nitrogen and oxygen atoms in total. The summed E-state index contributed by atoms with van der Waals surface area (Å²) in [6.07, 6.45) is -2.25. The van der Waals surface area contributed by atoms with Crippen LogP contribution in [0.15, 0.2) is 24.3 Å². The molecule has 2 fully saturated rings. The summed E-state index contributed by atoms with van der Waals surface area (Å²) in [5, 5.41) is 26.8. The molecular weight excluding hydrogens is 431 g/mol. The Kier molecular flexibility index (Phi) is 8.53. The van der Waals surface area contributed by atoms with E-state index in [-0.39, 0.29) is 17.9 Å². The zero-order valence-electron chi connectivity index (χ0n) is 18.1. The lowest BCUT2D eigenvalue weighted by Gasteiger charge is -2.49. The average molecular weight is 461 g/mol. The lowest BCUT2D eigenvalue weighted by atomic mass is 9.62. The highest BCUT2D eigenvalue weighted by Crippen LogP contribution is 2.46. The molecule has 0 unspecified atom stereocenters. The van der Waals surface area contributed by atoms with Gasteiger partial charge in [0.1, 0.15) is 5.75 Å². The molecule has 32 heavy (non-hydrogen) atoms. The quantitative estimate of drug-likeness (QED) is 0.595. The third kappa shape index (κ3) is 7.09. The number of nitrogens with zero attached hydrogens (tertiary/aromatic N) is 1. The number of hydrogen-bond donors (Lipinski definition) is 3. The van der Waals surface area contributed by atoms with Crippen LogP contribution in [0.2, 0.25) is 0 Å². The molecule has 0 aromatic heterocycles. The molecule has 180 valence electrons. The van der Waals surface area contributed by atoms with Gasteiger partial charge in [-0.1, -0.05) is 18.2 Å². The first-order chi connectivity index (χ1) is 14.8. The van der Waals surface area contributed by atoms with Gasteiger partial charge in [0, 0.05) is 12.1 Å². The number of carbonyl (C=O) groups is 2. The highest BCUT2D eigenvalue weighted by molar-refractivity contribution is 5.73. The normalized spacial score (nSPS) is 24.3. The number of likely N-dealkylation sites (tertiary alicyclic amines) is 1. The number of rotatable bonds is 6. The minimum absolute atomic E-state index is 0.155. The number of alkyl halides is 3. The molecule has 0 bridgehead atoms. The van der Waals surface area contributed by atoms with Gasteiger partial charge in [-0.25, -0.2) is 4.79 Å². The standard InChI is InChI=1S/C20H29NO4.C2HF3O2/c1-14(2)25-18-6-4-3-5-15(18)13-21-9-7-17(8-10-21)20(24)11-16(12-20)19(22)23;3-2(4,5)1(6)7/h3-6,14,16-17,24H,7-13H2,1-2H3,(H,22,23);(H,6,7). The number of halogens is 3. The number of carboxylic acids is 2. The summed E-state index contributed by atoms with van der Waals surface area (Å²) < 4.78 is 37.6. The Morgan fingerprint density at radius 3 is 2.16 bits per heavy atom. The van der Waals surface area contributed by atoms with Gasteiger partial charge in [0.05, 0.1) is 17.6 Å². The van der Waals surface area contributed by atoms with Gasteiger partial charge < -0.3 is 20.1 Å². The van der Waals surface area contributed by atoms with Crippen LogP contribution >= 0.6 is 0 Å². The van der Waals surface area contributed by atoms with Crippen LogP contribution in [0.5, 0.6) is 5.75 Å². The third-order valence-electron chi connectivity index (χ3n) is 5.87. The van der Waals surface area contributed by atoms with Crippen LogP contribution in [-0.2, 0) is 16.1 Å². The molecule has 1 aliphatic heterocycles. The Labute approximate surface area is 184 Å². The molecule has 1 aliphatic carbocycles. The zero-order valence-corrected chi connectivity index (χ0v) is 18.1. The van der Waals surface area contributed by atoms with Crippen molar-refractivity contribution in [2.24, 2.45) is 11.8 Å². The van der Waals surface area contributed by atoms with E-state index in [0.29, 0.717) is 12.8 Å².